The molecule has 0 aromatic heterocycles. The van der Waals surface area contributed by atoms with Gasteiger partial charge in [-0.2, -0.15) is 0 Å². The van der Waals surface area contributed by atoms with Gasteiger partial charge in [0.25, 0.3) is 0 Å². The largest absolute Gasteiger partial charge is 0.465 e. The van der Waals surface area contributed by atoms with Gasteiger partial charge >= 0.3 is 6.09 Å². The van der Waals surface area contributed by atoms with E-state index < -0.39 is 24.1 Å². The molecule has 2 fully saturated rings. The van der Waals surface area contributed by atoms with E-state index in [1.54, 1.807) is 0 Å². The lowest BCUT2D eigenvalue weighted by atomic mass is 10.2. The van der Waals surface area contributed by atoms with Crippen molar-refractivity contribution in [2.75, 3.05) is 5.75 Å². The van der Waals surface area contributed by atoms with E-state index in [1.807, 2.05) is 0 Å². The fourth-order valence-electron chi connectivity index (χ4n) is 2.01. The number of carboxylic acid groups (broad SMARTS) is 1. The minimum Gasteiger partial charge on any atom is -0.465 e. The first-order chi connectivity index (χ1) is 7.50. The van der Waals surface area contributed by atoms with Crippen LogP contribution in [-0.4, -0.2) is 51.1 Å². The number of carbonyl (C=O) groups is 3. The third-order valence-corrected chi connectivity index (χ3v) is 4.02. The average molecular weight is 245 g/mol. The van der Waals surface area contributed by atoms with Crippen molar-refractivity contribution in [2.45, 2.75) is 23.9 Å². The molecule has 88 valence electrons. The summed E-state index contributed by atoms with van der Waals surface area (Å²) < 4.78 is 0. The van der Waals surface area contributed by atoms with E-state index in [-0.39, 0.29) is 11.3 Å². The van der Waals surface area contributed by atoms with Crippen molar-refractivity contribution in [3.8, 4) is 0 Å². The molecule has 0 aromatic carbocycles. The molecule has 3 atom stereocenters. The molecule has 7 nitrogen and oxygen atoms in total. The first kappa shape index (κ1) is 11.1. The van der Waals surface area contributed by atoms with Crippen molar-refractivity contribution in [3.63, 3.8) is 0 Å². The van der Waals surface area contributed by atoms with Crippen LogP contribution in [-0.2, 0) is 9.59 Å². The van der Waals surface area contributed by atoms with Crippen molar-refractivity contribution < 1.29 is 19.5 Å². The fraction of sp³-hybridized carbons (Fsp3) is 0.625. The monoisotopic (exact) mass is 245 g/mol. The van der Waals surface area contributed by atoms with Crippen LogP contribution >= 0.6 is 11.8 Å². The van der Waals surface area contributed by atoms with Crippen LogP contribution in [0.4, 0.5) is 4.79 Å². The lowest BCUT2D eigenvalue weighted by Crippen LogP contribution is -2.48. The van der Waals surface area contributed by atoms with Gasteiger partial charge in [-0.05, 0) is 0 Å². The van der Waals surface area contributed by atoms with Gasteiger partial charge in [-0.1, -0.05) is 0 Å². The Kier molecular flexibility index (Phi) is 2.66. The summed E-state index contributed by atoms with van der Waals surface area (Å²) in [5.74, 6) is -0.411. The second-order valence-corrected chi connectivity index (χ2v) is 4.90. The van der Waals surface area contributed by atoms with Gasteiger partial charge in [-0.25, -0.2) is 4.79 Å². The third kappa shape index (κ3) is 1.69. The maximum Gasteiger partial charge on any atom is 0.405 e. The molecule has 8 heteroatoms. The van der Waals surface area contributed by atoms with Crippen LogP contribution in [0.15, 0.2) is 0 Å². The van der Waals surface area contributed by atoms with Gasteiger partial charge in [0.2, 0.25) is 11.8 Å². The summed E-state index contributed by atoms with van der Waals surface area (Å²) in [5, 5.41) is 10.6. The summed E-state index contributed by atoms with van der Waals surface area (Å²) in [6.45, 7) is 0. The van der Waals surface area contributed by atoms with Crippen LogP contribution in [0.25, 0.3) is 0 Å². The first-order valence-electron chi connectivity index (χ1n) is 4.73. The number of fused-ring (bicyclic) bond motifs is 1. The molecule has 4 N–H and O–H groups in total. The molecule has 2 aliphatic rings. The Morgan fingerprint density at radius 2 is 2.25 bits per heavy atom. The predicted octanol–water partition coefficient (Wildman–Crippen LogP) is -1.22. The van der Waals surface area contributed by atoms with Crippen molar-refractivity contribution in [1.82, 2.24) is 10.2 Å². The van der Waals surface area contributed by atoms with Gasteiger partial charge in [0, 0.05) is 12.2 Å². The molecule has 0 aromatic rings. The number of carbonyl (C=O) groups excluding carboxylic acids is 2. The summed E-state index contributed by atoms with van der Waals surface area (Å²) in [5.41, 5.74) is 5.18. The smallest absolute Gasteiger partial charge is 0.405 e. The Morgan fingerprint density at radius 1 is 1.56 bits per heavy atom. The maximum atomic E-state index is 11.8. The van der Waals surface area contributed by atoms with Crippen LogP contribution in [0, 0.1) is 0 Å². The average Bonchev–Trinajstić information content (AvgIpc) is 2.68. The standard InChI is InChI=1S/C8H11N3O4S/c9-6(12)4-2-16-5-1-3(10-8(14)15)7(13)11(4)5/h3-5,10H,1-2H2,(H2,9,12)(H,14,15)/t3-,4+,5+/m1/s1. The van der Waals surface area contributed by atoms with Gasteiger partial charge < -0.3 is 21.1 Å². The number of nitrogens with one attached hydrogen (secondary N) is 1. The number of hydrogen-bond acceptors (Lipinski definition) is 4. The molecule has 0 aliphatic carbocycles. The molecule has 2 heterocycles. The Labute approximate surface area is 95.3 Å². The lowest BCUT2D eigenvalue weighted by Gasteiger charge is -2.20. The Bertz CT molecular complexity index is 361. The van der Waals surface area contributed by atoms with E-state index in [4.69, 9.17) is 10.8 Å². The number of thioether (sulfide) groups is 1. The van der Waals surface area contributed by atoms with Crippen LogP contribution in [0.1, 0.15) is 6.42 Å². The molecule has 16 heavy (non-hydrogen) atoms. The second-order valence-electron chi connectivity index (χ2n) is 3.69. The van der Waals surface area contributed by atoms with E-state index in [1.165, 1.54) is 16.7 Å². The Morgan fingerprint density at radius 3 is 2.81 bits per heavy atom. The highest BCUT2D eigenvalue weighted by Gasteiger charge is 2.49. The predicted molar refractivity (Wildman–Crippen MR) is 55.6 cm³/mol. The molecule has 3 amide bonds. The van der Waals surface area contributed by atoms with Gasteiger partial charge in [0.05, 0.1) is 5.37 Å². The summed E-state index contributed by atoms with van der Waals surface area (Å²) >= 11 is 1.46. The minimum atomic E-state index is -1.24. The SMILES string of the molecule is NC(=O)[C@@H]1CS[C@H]2C[C@@H](NC(=O)O)C(=O)N21. The molecular weight excluding hydrogens is 234 g/mol. The highest BCUT2D eigenvalue weighted by molar-refractivity contribution is 8.00. The zero-order valence-corrected chi connectivity index (χ0v) is 9.07. The van der Waals surface area contributed by atoms with Gasteiger partial charge in [0.15, 0.2) is 0 Å². The van der Waals surface area contributed by atoms with Gasteiger partial charge in [-0.3, -0.25) is 9.59 Å². The molecule has 0 saturated carbocycles. The highest BCUT2D eigenvalue weighted by atomic mass is 32.2. The quantitative estimate of drug-likeness (QED) is 0.564. The molecule has 0 unspecified atom stereocenters. The molecule has 0 radical (unpaired) electrons. The van der Waals surface area contributed by atoms with Gasteiger partial charge in [-0.15, -0.1) is 11.8 Å². The Balaban J connectivity index is 2.11. The summed E-state index contributed by atoms with van der Waals surface area (Å²) in [6, 6.07) is -1.36. The number of nitrogens with zero attached hydrogens (tertiary/aromatic N) is 1. The molecule has 0 spiro atoms. The van der Waals surface area contributed by atoms with Crippen LogP contribution in [0.2, 0.25) is 0 Å². The minimum absolute atomic E-state index is 0.137. The molecule has 2 rings (SSSR count). The van der Waals surface area contributed by atoms with Crippen molar-refractivity contribution in [2.24, 2.45) is 5.73 Å². The van der Waals surface area contributed by atoms with Crippen molar-refractivity contribution >= 4 is 29.7 Å². The zero-order chi connectivity index (χ0) is 11.9. The number of nitrogens with two attached hydrogens (primary N) is 1. The topological polar surface area (TPSA) is 113 Å². The van der Waals surface area contributed by atoms with Crippen LogP contribution in [0.3, 0.4) is 0 Å². The number of primary amides is 1. The molecule has 2 aliphatic heterocycles. The maximum absolute atomic E-state index is 11.8. The van der Waals surface area contributed by atoms with E-state index in [0.717, 1.165) is 0 Å². The molecule has 2 saturated heterocycles. The Hall–Kier alpha value is -1.44. The summed E-state index contributed by atoms with van der Waals surface area (Å²) in [6.07, 6.45) is -0.848. The van der Waals surface area contributed by atoms with Crippen LogP contribution in [0.5, 0.6) is 0 Å². The van der Waals surface area contributed by atoms with E-state index in [0.29, 0.717) is 12.2 Å². The third-order valence-electron chi connectivity index (χ3n) is 2.71. The fourth-order valence-corrected chi connectivity index (χ4v) is 3.48. The van der Waals surface area contributed by atoms with E-state index in [2.05, 4.69) is 5.32 Å². The van der Waals surface area contributed by atoms with E-state index >= 15 is 0 Å². The lowest BCUT2D eigenvalue weighted by molar-refractivity contribution is -0.136. The highest BCUT2D eigenvalue weighted by Crippen LogP contribution is 2.37. The zero-order valence-electron chi connectivity index (χ0n) is 8.25. The number of amides is 3. The number of hydrogen-bond donors (Lipinski definition) is 3. The van der Waals surface area contributed by atoms with E-state index in [9.17, 15) is 14.4 Å². The first-order valence-corrected chi connectivity index (χ1v) is 5.78. The van der Waals surface area contributed by atoms with Crippen molar-refractivity contribution in [3.05, 3.63) is 0 Å². The van der Waals surface area contributed by atoms with Gasteiger partial charge in [0.1, 0.15) is 12.1 Å². The molecular formula is C8H11N3O4S. The second kappa shape index (κ2) is 3.85. The summed E-state index contributed by atoms with van der Waals surface area (Å²) in [4.78, 5) is 34.8. The normalized spacial score (nSPS) is 32.6. The summed E-state index contributed by atoms with van der Waals surface area (Å²) in [7, 11) is 0. The molecule has 0 bridgehead atoms. The van der Waals surface area contributed by atoms with Crippen molar-refractivity contribution in [1.29, 1.82) is 0 Å². The van der Waals surface area contributed by atoms with Crippen LogP contribution < -0.4 is 11.1 Å². The number of rotatable bonds is 2.